The molecule has 1 aromatic carbocycles. The van der Waals surface area contributed by atoms with Crippen molar-refractivity contribution in [3.63, 3.8) is 0 Å². The van der Waals surface area contributed by atoms with Crippen LogP contribution in [0.3, 0.4) is 0 Å². The lowest BCUT2D eigenvalue weighted by atomic mass is 10.2. The monoisotopic (exact) mass is 419 g/mol. The van der Waals surface area contributed by atoms with Crippen molar-refractivity contribution in [3.8, 4) is 0 Å². The smallest absolute Gasteiger partial charge is 0.334 e. The Morgan fingerprint density at radius 2 is 2.16 bits per heavy atom. The van der Waals surface area contributed by atoms with Crippen molar-refractivity contribution >= 4 is 44.5 Å². The molecule has 4 rings (SSSR count). The number of carbonyl (C=O) groups is 1. The third-order valence-electron chi connectivity index (χ3n) is 4.68. The fourth-order valence-corrected chi connectivity index (χ4v) is 3.97. The first-order valence-corrected chi connectivity index (χ1v) is 9.11. The summed E-state index contributed by atoms with van der Waals surface area (Å²) >= 11 is 9.55. The highest BCUT2D eigenvalue weighted by molar-refractivity contribution is 9.10. The predicted octanol–water partition coefficient (Wildman–Crippen LogP) is 4.33. The first kappa shape index (κ1) is 16.5. The number of aromatic nitrogens is 3. The topological polar surface area (TPSA) is 57.0 Å². The molecule has 7 heteroatoms. The van der Waals surface area contributed by atoms with Crippen molar-refractivity contribution in [1.82, 2.24) is 14.8 Å². The van der Waals surface area contributed by atoms with Crippen molar-refractivity contribution in [2.24, 2.45) is 5.92 Å². The largest absolute Gasteiger partial charge is 0.459 e. The van der Waals surface area contributed by atoms with Crippen LogP contribution in [0, 0.1) is 5.92 Å². The van der Waals surface area contributed by atoms with Gasteiger partial charge < -0.3 is 4.74 Å². The van der Waals surface area contributed by atoms with Gasteiger partial charge in [0.15, 0.2) is 11.2 Å². The summed E-state index contributed by atoms with van der Waals surface area (Å²) in [5.74, 6) is -0.162. The zero-order valence-electron chi connectivity index (χ0n) is 13.4. The molecule has 1 fully saturated rings. The lowest BCUT2D eigenvalue weighted by molar-refractivity contribution is -0.151. The zero-order chi connectivity index (χ0) is 17.6. The number of pyridine rings is 1. The Morgan fingerprint density at radius 1 is 1.44 bits per heavy atom. The minimum atomic E-state index is -0.812. The van der Waals surface area contributed by atoms with Crippen LogP contribution in [0.15, 0.2) is 47.1 Å². The van der Waals surface area contributed by atoms with Crippen LogP contribution in [-0.4, -0.2) is 20.7 Å². The zero-order valence-corrected chi connectivity index (χ0v) is 15.8. The summed E-state index contributed by atoms with van der Waals surface area (Å²) in [4.78, 5) is 17.2. The van der Waals surface area contributed by atoms with E-state index in [1.807, 2.05) is 37.3 Å². The minimum Gasteiger partial charge on any atom is -0.459 e. The molecule has 0 bridgehead atoms. The van der Waals surface area contributed by atoms with Crippen LogP contribution in [0.5, 0.6) is 0 Å². The molecule has 0 radical (unpaired) electrons. The maximum absolute atomic E-state index is 12.9. The standard InChI is InChI=1S/C18H15BrClN3O2/c1-11-8-18(11,17(24)25-10-12-5-3-2-4-6-12)23-16-13(9-21-23)14(19)7-15(20)22-16/h2-7,9,11H,8,10H2,1H3/t11-,18-/m0/s1. The Bertz CT molecular complexity index is 960. The molecular weight excluding hydrogens is 406 g/mol. The molecule has 1 aliphatic carbocycles. The van der Waals surface area contributed by atoms with E-state index in [1.54, 1.807) is 16.9 Å². The Labute approximate surface area is 158 Å². The van der Waals surface area contributed by atoms with Gasteiger partial charge in [-0.3, -0.25) is 0 Å². The Morgan fingerprint density at radius 3 is 2.84 bits per heavy atom. The lowest BCUT2D eigenvalue weighted by Gasteiger charge is -2.17. The molecule has 2 heterocycles. The van der Waals surface area contributed by atoms with Crippen molar-refractivity contribution in [2.45, 2.75) is 25.5 Å². The molecular formula is C18H15BrClN3O2. The van der Waals surface area contributed by atoms with Crippen LogP contribution in [0.25, 0.3) is 11.0 Å². The molecule has 0 saturated heterocycles. The molecule has 1 saturated carbocycles. The number of nitrogens with zero attached hydrogens (tertiary/aromatic N) is 3. The molecule has 0 N–H and O–H groups in total. The van der Waals surface area contributed by atoms with Gasteiger partial charge in [-0.1, -0.05) is 48.9 Å². The van der Waals surface area contributed by atoms with E-state index >= 15 is 0 Å². The van der Waals surface area contributed by atoms with Crippen molar-refractivity contribution < 1.29 is 9.53 Å². The number of hydrogen-bond acceptors (Lipinski definition) is 4. The molecule has 0 unspecified atom stereocenters. The summed E-state index contributed by atoms with van der Waals surface area (Å²) in [5.41, 5.74) is 0.724. The summed E-state index contributed by atoms with van der Waals surface area (Å²) in [7, 11) is 0. The third kappa shape index (κ3) is 2.73. The molecule has 0 spiro atoms. The molecule has 0 aliphatic heterocycles. The Balaban J connectivity index is 1.67. The normalized spacial score (nSPS) is 22.1. The predicted molar refractivity (Wildman–Crippen MR) is 98.2 cm³/mol. The number of carbonyl (C=O) groups excluding carboxylic acids is 1. The summed E-state index contributed by atoms with van der Waals surface area (Å²) in [6.45, 7) is 2.25. The van der Waals surface area contributed by atoms with Crippen LogP contribution >= 0.6 is 27.5 Å². The molecule has 2 aromatic heterocycles. The van der Waals surface area contributed by atoms with Gasteiger partial charge in [-0.05, 0) is 39.9 Å². The van der Waals surface area contributed by atoms with Crippen LogP contribution in [0.2, 0.25) is 5.15 Å². The van der Waals surface area contributed by atoms with Crippen molar-refractivity contribution in [1.29, 1.82) is 0 Å². The fourth-order valence-electron chi connectivity index (χ4n) is 3.15. The van der Waals surface area contributed by atoms with E-state index in [2.05, 4.69) is 26.0 Å². The van der Waals surface area contributed by atoms with Gasteiger partial charge in [0.1, 0.15) is 11.8 Å². The molecule has 128 valence electrons. The second kappa shape index (κ2) is 6.11. The average molecular weight is 421 g/mol. The van der Waals surface area contributed by atoms with Gasteiger partial charge in [0.2, 0.25) is 0 Å². The number of benzene rings is 1. The highest BCUT2D eigenvalue weighted by Gasteiger charge is 2.62. The number of hydrogen-bond donors (Lipinski definition) is 0. The molecule has 5 nitrogen and oxygen atoms in total. The number of rotatable bonds is 4. The number of fused-ring (bicyclic) bond motifs is 1. The Hall–Kier alpha value is -1.92. The molecule has 3 aromatic rings. The van der Waals surface area contributed by atoms with E-state index in [0.29, 0.717) is 17.2 Å². The van der Waals surface area contributed by atoms with Gasteiger partial charge in [0, 0.05) is 4.47 Å². The first-order valence-electron chi connectivity index (χ1n) is 7.94. The quantitative estimate of drug-likeness (QED) is 0.466. The molecule has 0 amide bonds. The van der Waals surface area contributed by atoms with Crippen molar-refractivity contribution in [3.05, 3.63) is 57.8 Å². The third-order valence-corrected chi connectivity index (χ3v) is 5.53. The first-order chi connectivity index (χ1) is 12.0. The van der Waals surface area contributed by atoms with E-state index in [-0.39, 0.29) is 18.5 Å². The maximum Gasteiger partial charge on any atom is 0.334 e. The van der Waals surface area contributed by atoms with Gasteiger partial charge in [-0.2, -0.15) is 5.10 Å². The second-order valence-corrected chi connectivity index (χ2v) is 7.55. The van der Waals surface area contributed by atoms with E-state index in [0.717, 1.165) is 15.4 Å². The van der Waals surface area contributed by atoms with Crippen LogP contribution < -0.4 is 0 Å². The van der Waals surface area contributed by atoms with Gasteiger partial charge in [0.05, 0.1) is 11.6 Å². The van der Waals surface area contributed by atoms with E-state index < -0.39 is 5.54 Å². The van der Waals surface area contributed by atoms with Crippen LogP contribution in [0.4, 0.5) is 0 Å². The molecule has 25 heavy (non-hydrogen) atoms. The highest BCUT2D eigenvalue weighted by Crippen LogP contribution is 2.52. The SMILES string of the molecule is C[C@H]1C[C@]1(C(=O)OCc1ccccc1)n1ncc2c(Br)cc(Cl)nc21. The molecule has 2 atom stereocenters. The summed E-state index contributed by atoms with van der Waals surface area (Å²) in [6, 6.07) is 11.3. The van der Waals surface area contributed by atoms with Gasteiger partial charge in [0.25, 0.3) is 0 Å². The second-order valence-electron chi connectivity index (χ2n) is 6.31. The van der Waals surface area contributed by atoms with Crippen LogP contribution in [-0.2, 0) is 21.7 Å². The van der Waals surface area contributed by atoms with Crippen LogP contribution in [0.1, 0.15) is 18.9 Å². The van der Waals surface area contributed by atoms with E-state index in [4.69, 9.17) is 16.3 Å². The highest BCUT2D eigenvalue weighted by atomic mass is 79.9. The van der Waals surface area contributed by atoms with E-state index in [1.165, 1.54) is 0 Å². The number of esters is 1. The average Bonchev–Trinajstić information content (AvgIpc) is 3.08. The summed E-state index contributed by atoms with van der Waals surface area (Å²) in [6.07, 6.45) is 2.36. The maximum atomic E-state index is 12.9. The Kier molecular flexibility index (Phi) is 4.04. The lowest BCUT2D eigenvalue weighted by Crippen LogP contribution is -2.32. The number of ether oxygens (including phenoxy) is 1. The fraction of sp³-hybridized carbons (Fsp3) is 0.278. The van der Waals surface area contributed by atoms with Gasteiger partial charge in [-0.25, -0.2) is 14.5 Å². The molecule has 1 aliphatic rings. The van der Waals surface area contributed by atoms with Gasteiger partial charge in [-0.15, -0.1) is 0 Å². The van der Waals surface area contributed by atoms with E-state index in [9.17, 15) is 4.79 Å². The summed E-state index contributed by atoms with van der Waals surface area (Å²) < 4.78 is 8.05. The summed E-state index contributed by atoms with van der Waals surface area (Å²) in [5, 5.41) is 5.59. The number of halogens is 2. The minimum absolute atomic E-state index is 0.124. The van der Waals surface area contributed by atoms with Crippen molar-refractivity contribution in [2.75, 3.05) is 0 Å². The van der Waals surface area contributed by atoms with Gasteiger partial charge >= 0.3 is 5.97 Å².